The number of carbonyl (C=O) groups excluding carboxylic acids is 1. The molecule has 0 spiro atoms. The first-order valence-corrected chi connectivity index (χ1v) is 12.0. The number of rotatable bonds is 9. The molecule has 1 unspecified atom stereocenters. The van der Waals surface area contributed by atoms with Crippen molar-refractivity contribution < 1.29 is 9.53 Å². The molecule has 168 valence electrons. The van der Waals surface area contributed by atoms with Crippen LogP contribution >= 0.6 is 11.3 Å². The van der Waals surface area contributed by atoms with E-state index in [2.05, 4.69) is 46.5 Å². The normalized spacial score (nSPS) is 15.8. The van der Waals surface area contributed by atoms with Crippen molar-refractivity contribution in [2.45, 2.75) is 32.9 Å². The van der Waals surface area contributed by atoms with Gasteiger partial charge in [-0.25, -0.2) is 4.98 Å². The van der Waals surface area contributed by atoms with E-state index in [1.807, 2.05) is 35.8 Å². The standard InChI is InChI=1S/C25H30N4O2S/c1-18(2)17-31-23-9-3-19(4-10-23)25(30)28-20-5-7-22(8-6-20)29-13-11-21(16-29)27-15-24-26-12-14-32-24/h3-10,12,14,18,21,27H,11,13,15-17H2,1-2H3,(H,28,30). The van der Waals surface area contributed by atoms with Gasteiger partial charge < -0.3 is 20.3 Å². The first kappa shape index (κ1) is 22.3. The van der Waals surface area contributed by atoms with Crippen molar-refractivity contribution in [3.05, 3.63) is 70.7 Å². The molecule has 0 bridgehead atoms. The maximum atomic E-state index is 12.6. The second-order valence-corrected chi connectivity index (χ2v) is 9.45. The molecule has 3 aromatic rings. The van der Waals surface area contributed by atoms with Crippen LogP contribution in [0.3, 0.4) is 0 Å². The van der Waals surface area contributed by atoms with Crippen LogP contribution in [0.1, 0.15) is 35.6 Å². The Balaban J connectivity index is 1.27. The predicted octanol–water partition coefficient (Wildman–Crippen LogP) is 4.80. The third kappa shape index (κ3) is 6.08. The van der Waals surface area contributed by atoms with E-state index in [4.69, 9.17) is 4.74 Å². The van der Waals surface area contributed by atoms with Gasteiger partial charge in [-0.1, -0.05) is 13.8 Å². The molecule has 7 heteroatoms. The van der Waals surface area contributed by atoms with Gasteiger partial charge in [-0.2, -0.15) is 0 Å². The van der Waals surface area contributed by atoms with Gasteiger partial charge in [0, 0.05) is 54.2 Å². The van der Waals surface area contributed by atoms with Gasteiger partial charge in [0.25, 0.3) is 5.91 Å². The van der Waals surface area contributed by atoms with E-state index >= 15 is 0 Å². The maximum Gasteiger partial charge on any atom is 0.255 e. The molecular formula is C25H30N4O2S. The molecule has 2 N–H and O–H groups in total. The van der Waals surface area contributed by atoms with Gasteiger partial charge in [0.15, 0.2) is 0 Å². The Morgan fingerprint density at radius 2 is 1.97 bits per heavy atom. The number of nitrogens with one attached hydrogen (secondary N) is 2. The minimum atomic E-state index is -0.124. The second kappa shape index (κ2) is 10.6. The number of thiazole rings is 1. The van der Waals surface area contributed by atoms with Crippen LogP contribution in [0.4, 0.5) is 11.4 Å². The van der Waals surface area contributed by atoms with Gasteiger partial charge in [0.05, 0.1) is 6.61 Å². The first-order valence-electron chi connectivity index (χ1n) is 11.1. The summed E-state index contributed by atoms with van der Waals surface area (Å²) in [6.07, 6.45) is 2.96. The Morgan fingerprint density at radius 1 is 1.19 bits per heavy atom. The van der Waals surface area contributed by atoms with Crippen molar-refractivity contribution in [3.8, 4) is 5.75 Å². The Morgan fingerprint density at radius 3 is 2.66 bits per heavy atom. The Hall–Kier alpha value is -2.90. The number of carbonyl (C=O) groups is 1. The van der Waals surface area contributed by atoms with Crippen molar-refractivity contribution in [2.75, 3.05) is 29.9 Å². The zero-order valence-corrected chi connectivity index (χ0v) is 19.4. The SMILES string of the molecule is CC(C)COc1ccc(C(=O)Nc2ccc(N3CCC(NCc4nccs4)C3)cc2)cc1. The van der Waals surface area contributed by atoms with E-state index in [0.29, 0.717) is 24.1 Å². The lowest BCUT2D eigenvalue weighted by Crippen LogP contribution is -2.32. The van der Waals surface area contributed by atoms with Crippen molar-refractivity contribution in [3.63, 3.8) is 0 Å². The first-order chi connectivity index (χ1) is 15.6. The van der Waals surface area contributed by atoms with Crippen LogP contribution in [0, 0.1) is 5.92 Å². The van der Waals surface area contributed by atoms with Crippen LogP contribution < -0.4 is 20.3 Å². The highest BCUT2D eigenvalue weighted by Gasteiger charge is 2.22. The van der Waals surface area contributed by atoms with Gasteiger partial charge >= 0.3 is 0 Å². The van der Waals surface area contributed by atoms with Crippen molar-refractivity contribution in [1.29, 1.82) is 0 Å². The van der Waals surface area contributed by atoms with E-state index in [-0.39, 0.29) is 5.91 Å². The van der Waals surface area contributed by atoms with Crippen LogP contribution in [0.2, 0.25) is 0 Å². The third-order valence-electron chi connectivity index (χ3n) is 5.40. The number of hydrogen-bond donors (Lipinski definition) is 2. The molecule has 1 saturated heterocycles. The summed E-state index contributed by atoms with van der Waals surface area (Å²) in [5, 5.41) is 9.71. The van der Waals surface area contributed by atoms with Crippen LogP contribution in [-0.4, -0.2) is 36.6 Å². The number of aromatic nitrogens is 1. The number of hydrogen-bond acceptors (Lipinski definition) is 6. The fourth-order valence-electron chi connectivity index (χ4n) is 3.66. The molecule has 1 aliphatic heterocycles. The summed E-state index contributed by atoms with van der Waals surface area (Å²) in [5.41, 5.74) is 2.57. The second-order valence-electron chi connectivity index (χ2n) is 8.47. The fraction of sp³-hybridized carbons (Fsp3) is 0.360. The summed E-state index contributed by atoms with van der Waals surface area (Å²) in [4.78, 5) is 19.3. The van der Waals surface area contributed by atoms with E-state index in [9.17, 15) is 4.79 Å². The number of benzene rings is 2. The van der Waals surface area contributed by atoms with Crippen LogP contribution in [0.5, 0.6) is 5.75 Å². The van der Waals surface area contributed by atoms with E-state index in [0.717, 1.165) is 42.5 Å². The van der Waals surface area contributed by atoms with Gasteiger partial charge in [-0.05, 0) is 60.9 Å². The molecule has 2 aromatic carbocycles. The number of nitrogens with zero attached hydrogens (tertiary/aromatic N) is 2. The average Bonchev–Trinajstić information content (AvgIpc) is 3.49. The summed E-state index contributed by atoms with van der Waals surface area (Å²) >= 11 is 1.68. The monoisotopic (exact) mass is 450 g/mol. The predicted molar refractivity (Wildman–Crippen MR) is 131 cm³/mol. The van der Waals surface area contributed by atoms with Crippen LogP contribution in [0.15, 0.2) is 60.1 Å². The maximum absolute atomic E-state index is 12.6. The fourth-order valence-corrected chi connectivity index (χ4v) is 4.22. The van der Waals surface area contributed by atoms with Crippen LogP contribution in [0.25, 0.3) is 0 Å². The number of ether oxygens (including phenoxy) is 1. The molecule has 32 heavy (non-hydrogen) atoms. The summed E-state index contributed by atoms with van der Waals surface area (Å²) in [7, 11) is 0. The largest absolute Gasteiger partial charge is 0.493 e. The zero-order valence-electron chi connectivity index (χ0n) is 18.6. The lowest BCUT2D eigenvalue weighted by molar-refractivity contribution is 0.102. The molecule has 1 amide bonds. The van der Waals surface area contributed by atoms with E-state index in [1.165, 1.54) is 5.69 Å². The third-order valence-corrected chi connectivity index (χ3v) is 6.18. The smallest absolute Gasteiger partial charge is 0.255 e. The van der Waals surface area contributed by atoms with Gasteiger partial charge in [-0.15, -0.1) is 11.3 Å². The van der Waals surface area contributed by atoms with Gasteiger partial charge in [0.2, 0.25) is 0 Å². The molecule has 0 saturated carbocycles. The van der Waals surface area contributed by atoms with Gasteiger partial charge in [0.1, 0.15) is 10.8 Å². The number of anilines is 2. The highest BCUT2D eigenvalue weighted by Crippen LogP contribution is 2.23. The molecule has 2 heterocycles. The summed E-state index contributed by atoms with van der Waals surface area (Å²) in [6, 6.07) is 15.8. The summed E-state index contributed by atoms with van der Waals surface area (Å²) < 4.78 is 5.68. The summed E-state index contributed by atoms with van der Waals surface area (Å²) in [5.74, 6) is 1.12. The molecule has 4 rings (SSSR count). The molecular weight excluding hydrogens is 420 g/mol. The minimum Gasteiger partial charge on any atom is -0.493 e. The lowest BCUT2D eigenvalue weighted by atomic mass is 10.2. The van der Waals surface area contributed by atoms with Crippen molar-refractivity contribution in [1.82, 2.24) is 10.3 Å². The topological polar surface area (TPSA) is 66.5 Å². The molecule has 1 atom stereocenters. The van der Waals surface area contributed by atoms with Crippen LogP contribution in [-0.2, 0) is 6.54 Å². The molecule has 1 aliphatic rings. The Bertz CT molecular complexity index is 988. The zero-order chi connectivity index (χ0) is 22.3. The quantitative estimate of drug-likeness (QED) is 0.490. The van der Waals surface area contributed by atoms with Gasteiger partial charge in [-0.3, -0.25) is 4.79 Å². The van der Waals surface area contributed by atoms with E-state index < -0.39 is 0 Å². The van der Waals surface area contributed by atoms with E-state index in [1.54, 1.807) is 23.5 Å². The minimum absolute atomic E-state index is 0.124. The molecule has 0 radical (unpaired) electrons. The number of amides is 1. The van der Waals surface area contributed by atoms with Crippen molar-refractivity contribution in [2.24, 2.45) is 5.92 Å². The van der Waals surface area contributed by atoms with Crippen molar-refractivity contribution >= 4 is 28.6 Å². The highest BCUT2D eigenvalue weighted by molar-refractivity contribution is 7.09. The molecule has 0 aliphatic carbocycles. The highest BCUT2D eigenvalue weighted by atomic mass is 32.1. The molecule has 1 fully saturated rings. The molecule has 6 nitrogen and oxygen atoms in total. The summed E-state index contributed by atoms with van der Waals surface area (Å²) in [6.45, 7) is 7.70. The lowest BCUT2D eigenvalue weighted by Gasteiger charge is -2.19. The Kier molecular flexibility index (Phi) is 7.39. The average molecular weight is 451 g/mol. The Labute approximate surface area is 193 Å². The molecule has 1 aromatic heterocycles.